The van der Waals surface area contributed by atoms with Crippen LogP contribution < -0.4 is 11.3 Å². The second kappa shape index (κ2) is 7.00. The van der Waals surface area contributed by atoms with E-state index >= 15 is 0 Å². The van der Waals surface area contributed by atoms with E-state index in [1.807, 2.05) is 10.9 Å². The maximum absolute atomic E-state index is 5.86. The molecule has 1 saturated heterocycles. The van der Waals surface area contributed by atoms with Crippen LogP contribution in [0.15, 0.2) is 10.7 Å². The number of nitrogens with one attached hydrogen (secondary N) is 1. The normalized spacial score (nSPS) is 20.0. The highest BCUT2D eigenvalue weighted by Gasteiger charge is 2.43. The number of methoxy groups -OCH3 is 1. The van der Waals surface area contributed by atoms with Crippen LogP contribution in [0.25, 0.3) is 0 Å². The molecule has 2 heterocycles. The van der Waals surface area contributed by atoms with Crippen molar-refractivity contribution in [1.29, 1.82) is 0 Å². The van der Waals surface area contributed by atoms with Crippen molar-refractivity contribution in [3.05, 3.63) is 16.4 Å². The van der Waals surface area contributed by atoms with E-state index in [0.717, 1.165) is 36.0 Å². The predicted molar refractivity (Wildman–Crippen MR) is 80.1 cm³/mol. The highest BCUT2D eigenvalue weighted by atomic mass is 79.9. The maximum Gasteiger partial charge on any atom is 0.0944 e. The summed E-state index contributed by atoms with van der Waals surface area (Å²) in [7, 11) is 1.74. The van der Waals surface area contributed by atoms with Crippen LogP contribution in [0, 0.1) is 0 Å². The molecule has 0 bridgehead atoms. The fourth-order valence-electron chi connectivity index (χ4n) is 2.86. The van der Waals surface area contributed by atoms with E-state index in [-0.39, 0.29) is 11.6 Å². The minimum absolute atomic E-state index is 0.125. The molecule has 1 unspecified atom stereocenters. The lowest BCUT2D eigenvalue weighted by atomic mass is 9.84. The van der Waals surface area contributed by atoms with Crippen LogP contribution in [0.5, 0.6) is 0 Å². The van der Waals surface area contributed by atoms with Crippen molar-refractivity contribution in [2.45, 2.75) is 44.4 Å². The first-order valence-electron chi connectivity index (χ1n) is 6.98. The molecule has 20 heavy (non-hydrogen) atoms. The minimum atomic E-state index is -0.360. The first-order valence-corrected chi connectivity index (χ1v) is 7.78. The predicted octanol–water partition coefficient (Wildman–Crippen LogP) is 1.76. The zero-order chi connectivity index (χ0) is 14.6. The van der Waals surface area contributed by atoms with Gasteiger partial charge in [0.25, 0.3) is 0 Å². The molecule has 0 radical (unpaired) electrons. The SMILES string of the molecule is CCCn1ncc(Br)c1C(NN)C1(OC)CCOCC1. The van der Waals surface area contributed by atoms with Gasteiger partial charge >= 0.3 is 0 Å². The Balaban J connectivity index is 2.37. The summed E-state index contributed by atoms with van der Waals surface area (Å²) in [6, 6.07) is -0.125. The molecule has 0 saturated carbocycles. The summed E-state index contributed by atoms with van der Waals surface area (Å²) in [5.41, 5.74) is 3.61. The quantitative estimate of drug-likeness (QED) is 0.606. The second-order valence-corrected chi connectivity index (χ2v) is 5.94. The van der Waals surface area contributed by atoms with Crippen LogP contribution in [0.4, 0.5) is 0 Å². The van der Waals surface area contributed by atoms with Gasteiger partial charge in [0.05, 0.1) is 28.0 Å². The lowest BCUT2D eigenvalue weighted by Gasteiger charge is -2.42. The van der Waals surface area contributed by atoms with Gasteiger partial charge in [0.2, 0.25) is 0 Å². The molecule has 2 rings (SSSR count). The largest absolute Gasteiger partial charge is 0.381 e. The van der Waals surface area contributed by atoms with E-state index in [1.54, 1.807) is 7.11 Å². The molecule has 0 amide bonds. The lowest BCUT2D eigenvalue weighted by Crippen LogP contribution is -2.52. The number of hydrazine groups is 1. The van der Waals surface area contributed by atoms with Gasteiger partial charge in [-0.3, -0.25) is 10.5 Å². The fourth-order valence-corrected chi connectivity index (χ4v) is 3.38. The van der Waals surface area contributed by atoms with Crippen LogP contribution in [0.2, 0.25) is 0 Å². The summed E-state index contributed by atoms with van der Waals surface area (Å²) in [4.78, 5) is 0. The number of aromatic nitrogens is 2. The molecule has 0 aliphatic carbocycles. The Labute approximate surface area is 128 Å². The third kappa shape index (κ3) is 2.92. The molecule has 1 aromatic heterocycles. The summed E-state index contributed by atoms with van der Waals surface area (Å²) in [5.74, 6) is 5.86. The summed E-state index contributed by atoms with van der Waals surface area (Å²) in [6.07, 6.45) is 4.45. The van der Waals surface area contributed by atoms with Gasteiger partial charge in [0.1, 0.15) is 0 Å². The van der Waals surface area contributed by atoms with Crippen LogP contribution in [0.1, 0.15) is 37.9 Å². The number of halogens is 1. The Morgan fingerprint density at radius 3 is 2.85 bits per heavy atom. The van der Waals surface area contributed by atoms with E-state index in [4.69, 9.17) is 15.3 Å². The van der Waals surface area contributed by atoms with Crippen molar-refractivity contribution in [1.82, 2.24) is 15.2 Å². The summed E-state index contributed by atoms with van der Waals surface area (Å²) in [5, 5.41) is 4.42. The average molecular weight is 347 g/mol. The Morgan fingerprint density at radius 1 is 1.60 bits per heavy atom. The summed E-state index contributed by atoms with van der Waals surface area (Å²) in [6.45, 7) is 4.36. The summed E-state index contributed by atoms with van der Waals surface area (Å²) < 4.78 is 14.3. The van der Waals surface area contributed by atoms with E-state index in [2.05, 4.69) is 33.4 Å². The molecule has 3 N–H and O–H groups in total. The van der Waals surface area contributed by atoms with Crippen LogP contribution in [0.3, 0.4) is 0 Å². The zero-order valence-electron chi connectivity index (χ0n) is 12.1. The number of ether oxygens (including phenoxy) is 2. The third-order valence-corrected chi connectivity index (χ3v) is 4.59. The molecular weight excluding hydrogens is 324 g/mol. The molecule has 1 fully saturated rings. The van der Waals surface area contributed by atoms with Gasteiger partial charge in [-0.25, -0.2) is 5.43 Å². The molecule has 7 heteroatoms. The molecular formula is C13H23BrN4O2. The van der Waals surface area contributed by atoms with E-state index in [0.29, 0.717) is 13.2 Å². The number of nitrogens with two attached hydrogens (primary N) is 1. The topological polar surface area (TPSA) is 74.3 Å². The Kier molecular flexibility index (Phi) is 5.57. The monoisotopic (exact) mass is 346 g/mol. The molecule has 1 aliphatic heterocycles. The number of nitrogens with zero attached hydrogens (tertiary/aromatic N) is 2. The van der Waals surface area contributed by atoms with E-state index < -0.39 is 0 Å². The maximum atomic E-state index is 5.86. The van der Waals surface area contributed by atoms with E-state index in [9.17, 15) is 0 Å². The molecule has 1 aromatic rings. The lowest BCUT2D eigenvalue weighted by molar-refractivity contribution is -0.113. The first kappa shape index (κ1) is 15.9. The molecule has 1 atom stereocenters. The van der Waals surface area contributed by atoms with Crippen molar-refractivity contribution in [3.63, 3.8) is 0 Å². The van der Waals surface area contributed by atoms with Crippen LogP contribution in [-0.2, 0) is 16.0 Å². The van der Waals surface area contributed by atoms with Gasteiger partial charge in [0, 0.05) is 39.7 Å². The Morgan fingerprint density at radius 2 is 2.30 bits per heavy atom. The molecule has 114 valence electrons. The Hall–Kier alpha value is -0.470. The van der Waals surface area contributed by atoms with Gasteiger partial charge in [-0.05, 0) is 22.4 Å². The van der Waals surface area contributed by atoms with Crippen LogP contribution >= 0.6 is 15.9 Å². The van der Waals surface area contributed by atoms with Crippen molar-refractivity contribution in [3.8, 4) is 0 Å². The molecule has 0 spiro atoms. The van der Waals surface area contributed by atoms with Crippen molar-refractivity contribution in [2.75, 3.05) is 20.3 Å². The van der Waals surface area contributed by atoms with Gasteiger partial charge in [0.15, 0.2) is 0 Å². The number of rotatable bonds is 6. The zero-order valence-corrected chi connectivity index (χ0v) is 13.6. The van der Waals surface area contributed by atoms with Gasteiger partial charge in [-0.2, -0.15) is 5.10 Å². The van der Waals surface area contributed by atoms with Gasteiger partial charge in [-0.15, -0.1) is 0 Å². The molecule has 0 aromatic carbocycles. The highest BCUT2D eigenvalue weighted by Crippen LogP contribution is 2.39. The Bertz CT molecular complexity index is 432. The second-order valence-electron chi connectivity index (χ2n) is 5.08. The average Bonchev–Trinajstić information content (AvgIpc) is 2.83. The number of hydrogen-bond acceptors (Lipinski definition) is 5. The smallest absolute Gasteiger partial charge is 0.0944 e. The van der Waals surface area contributed by atoms with Gasteiger partial charge in [-0.1, -0.05) is 6.92 Å². The van der Waals surface area contributed by atoms with Crippen LogP contribution in [-0.4, -0.2) is 35.7 Å². The van der Waals surface area contributed by atoms with E-state index in [1.165, 1.54) is 0 Å². The van der Waals surface area contributed by atoms with Crippen molar-refractivity contribution >= 4 is 15.9 Å². The van der Waals surface area contributed by atoms with Crippen molar-refractivity contribution < 1.29 is 9.47 Å². The summed E-state index contributed by atoms with van der Waals surface area (Å²) >= 11 is 3.58. The highest BCUT2D eigenvalue weighted by molar-refractivity contribution is 9.10. The number of hydrogen-bond donors (Lipinski definition) is 2. The number of aryl methyl sites for hydroxylation is 1. The first-order chi connectivity index (χ1) is 9.68. The molecule has 6 nitrogen and oxygen atoms in total. The third-order valence-electron chi connectivity index (χ3n) is 3.98. The van der Waals surface area contributed by atoms with Gasteiger partial charge < -0.3 is 9.47 Å². The fraction of sp³-hybridized carbons (Fsp3) is 0.769. The standard InChI is InChI=1S/C13H23BrN4O2/c1-3-6-18-11(10(14)9-16-18)12(17-15)13(19-2)4-7-20-8-5-13/h9,12,17H,3-8,15H2,1-2H3. The van der Waals surface area contributed by atoms with Crippen molar-refractivity contribution in [2.24, 2.45) is 5.84 Å². The molecule has 1 aliphatic rings. The minimum Gasteiger partial charge on any atom is -0.381 e.